The Labute approximate surface area is 218 Å². The van der Waals surface area contributed by atoms with E-state index in [-0.39, 0.29) is 0 Å². The van der Waals surface area contributed by atoms with Crippen molar-refractivity contribution >= 4 is 18.9 Å². The standard InChI is InChI=1S/C26H50N4O6/c1-24(2,3)34-21(18-31)28-12-10-27-11-13-29(22(19-32)35-25(4,5)6)15-17-30(16-14-28)23(20-33)36-26(7,8)9/h18-23,27H,10-17H2,1-9H3. The lowest BCUT2D eigenvalue weighted by Crippen LogP contribution is -2.54. The zero-order chi connectivity index (χ0) is 27.6. The molecule has 3 atom stereocenters. The quantitative estimate of drug-likeness (QED) is 0.456. The van der Waals surface area contributed by atoms with E-state index in [2.05, 4.69) is 5.32 Å². The molecule has 0 aromatic heterocycles. The average molecular weight is 515 g/mol. The topological polar surface area (TPSA) is 101 Å². The second kappa shape index (κ2) is 14.6. The van der Waals surface area contributed by atoms with Gasteiger partial charge in [0.05, 0.1) is 16.8 Å². The van der Waals surface area contributed by atoms with Crippen LogP contribution in [0.3, 0.4) is 0 Å². The van der Waals surface area contributed by atoms with Crippen molar-refractivity contribution in [3.05, 3.63) is 0 Å². The zero-order valence-electron chi connectivity index (χ0n) is 23.9. The Bertz CT molecular complexity index is 629. The molecule has 0 aliphatic carbocycles. The van der Waals surface area contributed by atoms with Crippen LogP contribution in [0, 0.1) is 0 Å². The monoisotopic (exact) mass is 514 g/mol. The predicted molar refractivity (Wildman–Crippen MR) is 140 cm³/mol. The number of hydrogen-bond donors (Lipinski definition) is 1. The first-order valence-corrected chi connectivity index (χ1v) is 12.9. The Morgan fingerprint density at radius 3 is 1.00 bits per heavy atom. The third kappa shape index (κ3) is 13.3. The maximum atomic E-state index is 12.1. The predicted octanol–water partition coefficient (Wildman–Crippen LogP) is 1.52. The number of nitrogens with one attached hydrogen (secondary N) is 1. The molecule has 1 rings (SSSR count). The first-order chi connectivity index (χ1) is 16.6. The Morgan fingerprint density at radius 1 is 0.528 bits per heavy atom. The van der Waals surface area contributed by atoms with Crippen molar-refractivity contribution in [2.24, 2.45) is 0 Å². The molecular formula is C26H50N4O6. The van der Waals surface area contributed by atoms with Crippen LogP contribution in [0.2, 0.25) is 0 Å². The van der Waals surface area contributed by atoms with E-state index >= 15 is 0 Å². The van der Waals surface area contributed by atoms with E-state index in [4.69, 9.17) is 14.2 Å². The minimum atomic E-state index is -0.772. The van der Waals surface area contributed by atoms with Crippen LogP contribution >= 0.6 is 0 Å². The third-order valence-electron chi connectivity index (χ3n) is 5.35. The third-order valence-corrected chi connectivity index (χ3v) is 5.35. The summed E-state index contributed by atoms with van der Waals surface area (Å²) >= 11 is 0. The van der Waals surface area contributed by atoms with Crippen LogP contribution in [0.4, 0.5) is 0 Å². The van der Waals surface area contributed by atoms with Gasteiger partial charge in [-0.1, -0.05) is 0 Å². The summed E-state index contributed by atoms with van der Waals surface area (Å²) < 4.78 is 18.1. The number of rotatable bonds is 9. The summed E-state index contributed by atoms with van der Waals surface area (Å²) in [5.74, 6) is 0. The van der Waals surface area contributed by atoms with Crippen LogP contribution in [0.15, 0.2) is 0 Å². The molecule has 10 heteroatoms. The number of nitrogens with zero attached hydrogens (tertiary/aromatic N) is 3. The Morgan fingerprint density at radius 2 is 0.778 bits per heavy atom. The van der Waals surface area contributed by atoms with Crippen molar-refractivity contribution in [2.45, 2.75) is 97.8 Å². The minimum Gasteiger partial charge on any atom is -0.350 e. The van der Waals surface area contributed by atoms with Gasteiger partial charge in [0, 0.05) is 52.4 Å². The van der Waals surface area contributed by atoms with Crippen molar-refractivity contribution < 1.29 is 28.6 Å². The number of carbonyl (C=O) groups is 3. The van der Waals surface area contributed by atoms with Gasteiger partial charge in [-0.2, -0.15) is 0 Å². The van der Waals surface area contributed by atoms with Gasteiger partial charge < -0.3 is 19.5 Å². The summed E-state index contributed by atoms with van der Waals surface area (Å²) in [7, 11) is 0. The molecule has 0 radical (unpaired) electrons. The number of ether oxygens (including phenoxy) is 3. The van der Waals surface area contributed by atoms with Crippen LogP contribution < -0.4 is 5.32 Å². The molecule has 1 fully saturated rings. The van der Waals surface area contributed by atoms with Crippen LogP contribution in [0.25, 0.3) is 0 Å². The maximum absolute atomic E-state index is 12.1. The molecule has 36 heavy (non-hydrogen) atoms. The Hall–Kier alpha value is -1.27. The van der Waals surface area contributed by atoms with E-state index in [1.807, 2.05) is 77.0 Å². The SMILES string of the molecule is CC(C)(C)OC(C=O)N1CCNCCN(C(C=O)OC(C)(C)C)CCN(C(C=O)OC(C)(C)C)CC1. The molecule has 1 saturated heterocycles. The molecule has 3 unspecified atom stereocenters. The fourth-order valence-corrected chi connectivity index (χ4v) is 3.83. The van der Waals surface area contributed by atoms with E-state index in [9.17, 15) is 14.4 Å². The highest BCUT2D eigenvalue weighted by atomic mass is 16.5. The molecule has 1 heterocycles. The first kappa shape index (κ1) is 32.8. The molecule has 210 valence electrons. The fourth-order valence-electron chi connectivity index (χ4n) is 3.83. The van der Waals surface area contributed by atoms with Crippen molar-refractivity contribution in [3.8, 4) is 0 Å². The lowest BCUT2D eigenvalue weighted by molar-refractivity contribution is -0.165. The summed E-state index contributed by atoms with van der Waals surface area (Å²) in [4.78, 5) is 41.9. The van der Waals surface area contributed by atoms with Gasteiger partial charge in [-0.15, -0.1) is 0 Å². The summed E-state index contributed by atoms with van der Waals surface area (Å²) in [6.45, 7) is 21.6. The lowest BCUT2D eigenvalue weighted by Gasteiger charge is -2.39. The van der Waals surface area contributed by atoms with Crippen LogP contribution in [0.1, 0.15) is 62.3 Å². The van der Waals surface area contributed by atoms with Crippen molar-refractivity contribution in [2.75, 3.05) is 52.4 Å². The van der Waals surface area contributed by atoms with Gasteiger partial charge in [-0.05, 0) is 62.3 Å². The average Bonchev–Trinajstić information content (AvgIpc) is 2.73. The summed E-state index contributed by atoms with van der Waals surface area (Å²) in [5.41, 5.74) is -1.50. The van der Waals surface area contributed by atoms with Crippen LogP contribution in [0.5, 0.6) is 0 Å². The Kier molecular flexibility index (Phi) is 13.3. The normalized spacial score (nSPS) is 21.6. The van der Waals surface area contributed by atoms with E-state index < -0.39 is 35.5 Å². The highest BCUT2D eigenvalue weighted by Gasteiger charge is 2.30. The first-order valence-electron chi connectivity index (χ1n) is 12.9. The van der Waals surface area contributed by atoms with Gasteiger partial charge >= 0.3 is 0 Å². The summed E-state index contributed by atoms with van der Waals surface area (Å²) in [6.07, 6.45) is 0.275. The fraction of sp³-hybridized carbons (Fsp3) is 0.885. The molecule has 0 aromatic carbocycles. The molecule has 0 bridgehead atoms. The van der Waals surface area contributed by atoms with Crippen molar-refractivity contribution in [1.29, 1.82) is 0 Å². The zero-order valence-corrected chi connectivity index (χ0v) is 23.9. The van der Waals surface area contributed by atoms with E-state index in [0.29, 0.717) is 52.4 Å². The molecule has 0 spiro atoms. The molecule has 1 N–H and O–H groups in total. The minimum absolute atomic E-state index is 0.469. The second-order valence-electron chi connectivity index (χ2n) is 12.1. The van der Waals surface area contributed by atoms with Gasteiger partial charge in [0.1, 0.15) is 0 Å². The number of aldehydes is 3. The molecular weight excluding hydrogens is 464 g/mol. The van der Waals surface area contributed by atoms with E-state index in [1.165, 1.54) is 0 Å². The smallest absolute Gasteiger partial charge is 0.167 e. The number of hydrogen-bond acceptors (Lipinski definition) is 10. The molecule has 0 aromatic rings. The summed E-state index contributed by atoms with van der Waals surface area (Å²) in [5, 5.41) is 3.40. The highest BCUT2D eigenvalue weighted by Crippen LogP contribution is 2.17. The molecule has 0 amide bonds. The Balaban J connectivity index is 3.19. The lowest BCUT2D eigenvalue weighted by atomic mass is 10.2. The van der Waals surface area contributed by atoms with E-state index in [0.717, 1.165) is 18.9 Å². The van der Waals surface area contributed by atoms with Crippen molar-refractivity contribution in [3.63, 3.8) is 0 Å². The van der Waals surface area contributed by atoms with Gasteiger partial charge in [-0.3, -0.25) is 29.1 Å². The highest BCUT2D eigenvalue weighted by molar-refractivity contribution is 5.56. The van der Waals surface area contributed by atoms with Crippen LogP contribution in [-0.2, 0) is 28.6 Å². The van der Waals surface area contributed by atoms with Gasteiger partial charge in [0.25, 0.3) is 0 Å². The second-order valence-corrected chi connectivity index (χ2v) is 12.1. The van der Waals surface area contributed by atoms with Crippen LogP contribution in [-0.4, -0.2) is 121 Å². The summed E-state index contributed by atoms with van der Waals surface area (Å²) in [6, 6.07) is 0. The van der Waals surface area contributed by atoms with E-state index in [1.54, 1.807) is 0 Å². The number of carbonyl (C=O) groups excluding carboxylic acids is 3. The van der Waals surface area contributed by atoms with Gasteiger partial charge in [0.2, 0.25) is 0 Å². The van der Waals surface area contributed by atoms with Crippen molar-refractivity contribution in [1.82, 2.24) is 20.0 Å². The molecule has 10 nitrogen and oxygen atoms in total. The largest absolute Gasteiger partial charge is 0.350 e. The maximum Gasteiger partial charge on any atom is 0.167 e. The molecule has 1 aliphatic rings. The molecule has 0 saturated carbocycles. The van der Waals surface area contributed by atoms with Gasteiger partial charge in [0.15, 0.2) is 37.5 Å². The van der Waals surface area contributed by atoms with Gasteiger partial charge in [-0.25, -0.2) is 0 Å². The molecule has 1 aliphatic heterocycles.